The normalized spacial score (nSPS) is 14.2. The number of para-hydroxylation sites is 1. The van der Waals surface area contributed by atoms with Crippen molar-refractivity contribution in [2.45, 2.75) is 12.0 Å². The van der Waals surface area contributed by atoms with Crippen molar-refractivity contribution < 1.29 is 9.84 Å². The van der Waals surface area contributed by atoms with E-state index in [2.05, 4.69) is 17.5 Å². The molecule has 0 radical (unpaired) electrons. The van der Waals surface area contributed by atoms with Gasteiger partial charge in [0.2, 0.25) is 0 Å². The van der Waals surface area contributed by atoms with Gasteiger partial charge in [-0.05, 0) is 23.6 Å². The quantitative estimate of drug-likeness (QED) is 0.753. The van der Waals surface area contributed by atoms with Crippen molar-refractivity contribution in [2.24, 2.45) is 5.73 Å². The molecule has 0 aliphatic rings. The van der Waals surface area contributed by atoms with Crippen LogP contribution >= 0.6 is 22.7 Å². The van der Waals surface area contributed by atoms with E-state index >= 15 is 0 Å². The van der Waals surface area contributed by atoms with Gasteiger partial charge < -0.3 is 15.6 Å². The molecule has 21 heavy (non-hydrogen) atoms. The van der Waals surface area contributed by atoms with E-state index in [9.17, 15) is 5.11 Å². The largest absolute Gasteiger partial charge is 0.496 e. The predicted molar refractivity (Wildman–Crippen MR) is 89.5 cm³/mol. The van der Waals surface area contributed by atoms with Crippen LogP contribution in [0.1, 0.15) is 22.5 Å². The van der Waals surface area contributed by atoms with Crippen molar-refractivity contribution in [3.8, 4) is 5.75 Å². The Morgan fingerprint density at radius 1 is 1.24 bits per heavy atom. The Kier molecular flexibility index (Phi) is 4.26. The van der Waals surface area contributed by atoms with Crippen molar-refractivity contribution in [1.29, 1.82) is 0 Å². The molecule has 3 N–H and O–H groups in total. The molecule has 3 rings (SSSR count). The predicted octanol–water partition coefficient (Wildman–Crippen LogP) is 3.75. The first-order chi connectivity index (χ1) is 10.2. The molecule has 0 fully saturated rings. The van der Waals surface area contributed by atoms with Gasteiger partial charge in [0.15, 0.2) is 0 Å². The molecule has 2 aromatic heterocycles. The van der Waals surface area contributed by atoms with Crippen molar-refractivity contribution in [3.63, 3.8) is 0 Å². The summed E-state index contributed by atoms with van der Waals surface area (Å²) in [7, 11) is 1.64. The molecule has 5 heteroatoms. The van der Waals surface area contributed by atoms with Gasteiger partial charge in [0.25, 0.3) is 0 Å². The summed E-state index contributed by atoms with van der Waals surface area (Å²) in [5.41, 5.74) is 6.88. The Hall–Kier alpha value is -1.40. The third kappa shape index (κ3) is 2.70. The lowest BCUT2D eigenvalue weighted by Gasteiger charge is -2.22. The van der Waals surface area contributed by atoms with Crippen LogP contribution in [0.3, 0.4) is 0 Å². The van der Waals surface area contributed by atoms with Crippen LogP contribution in [0.25, 0.3) is 9.40 Å². The van der Waals surface area contributed by atoms with Crippen molar-refractivity contribution in [2.75, 3.05) is 13.7 Å². The Morgan fingerprint density at radius 2 is 2.05 bits per heavy atom. The third-order valence-electron chi connectivity index (χ3n) is 3.62. The maximum Gasteiger partial charge on any atom is 0.122 e. The standard InChI is InChI=1S/C16H17NO2S2/c1-19-12-5-3-2-4-10(12)11(9-17)16(18)15-8-14-13(21-15)6-7-20-14/h2-8,11,16,18H,9,17H2,1H3. The second-order valence-corrected chi connectivity index (χ2v) is 6.89. The number of thiophene rings is 2. The number of hydrogen-bond donors (Lipinski definition) is 2. The number of aliphatic hydroxyl groups is 1. The van der Waals surface area contributed by atoms with Crippen LogP contribution in [0, 0.1) is 0 Å². The molecule has 2 unspecified atom stereocenters. The lowest BCUT2D eigenvalue weighted by Crippen LogP contribution is -2.20. The number of methoxy groups -OCH3 is 1. The summed E-state index contributed by atoms with van der Waals surface area (Å²) in [5.74, 6) is 0.597. The first-order valence-corrected chi connectivity index (χ1v) is 8.42. The molecule has 1 aromatic carbocycles. The number of aliphatic hydroxyl groups excluding tert-OH is 1. The number of benzene rings is 1. The number of ether oxygens (including phenoxy) is 1. The van der Waals surface area contributed by atoms with Gasteiger partial charge in [0, 0.05) is 32.3 Å². The van der Waals surface area contributed by atoms with Crippen molar-refractivity contribution in [1.82, 2.24) is 0 Å². The molecule has 3 aromatic rings. The fourth-order valence-electron chi connectivity index (χ4n) is 2.53. The third-order valence-corrected chi connectivity index (χ3v) is 5.79. The van der Waals surface area contributed by atoms with Crippen LogP contribution in [0.15, 0.2) is 41.8 Å². The minimum Gasteiger partial charge on any atom is -0.496 e. The fraction of sp³-hybridized carbons (Fsp3) is 0.250. The second kappa shape index (κ2) is 6.15. The van der Waals surface area contributed by atoms with Gasteiger partial charge in [-0.3, -0.25) is 0 Å². The highest BCUT2D eigenvalue weighted by Crippen LogP contribution is 2.40. The lowest BCUT2D eigenvalue weighted by molar-refractivity contribution is 0.149. The van der Waals surface area contributed by atoms with E-state index < -0.39 is 6.10 Å². The zero-order valence-electron chi connectivity index (χ0n) is 11.7. The van der Waals surface area contributed by atoms with Gasteiger partial charge in [0.1, 0.15) is 5.75 Å². The highest BCUT2D eigenvalue weighted by atomic mass is 32.1. The van der Waals surface area contributed by atoms with Crippen molar-refractivity contribution in [3.05, 3.63) is 52.2 Å². The van der Waals surface area contributed by atoms with Crippen LogP contribution in [0.4, 0.5) is 0 Å². The molecule has 0 spiro atoms. The summed E-state index contributed by atoms with van der Waals surface area (Å²) in [6.45, 7) is 0.368. The summed E-state index contributed by atoms with van der Waals surface area (Å²) in [4.78, 5) is 0.957. The highest BCUT2D eigenvalue weighted by molar-refractivity contribution is 7.26. The molecule has 3 nitrogen and oxygen atoms in total. The van der Waals surface area contributed by atoms with E-state index in [1.54, 1.807) is 29.8 Å². The average Bonchev–Trinajstić information content (AvgIpc) is 3.09. The summed E-state index contributed by atoms with van der Waals surface area (Å²) in [6.07, 6.45) is -0.615. The number of fused-ring (bicyclic) bond motifs is 1. The van der Waals surface area contributed by atoms with Gasteiger partial charge in [0.05, 0.1) is 13.2 Å². The van der Waals surface area contributed by atoms with Crippen LogP contribution in [0.5, 0.6) is 5.75 Å². The number of nitrogens with two attached hydrogens (primary N) is 1. The van der Waals surface area contributed by atoms with Crippen LogP contribution in [-0.4, -0.2) is 18.8 Å². The van der Waals surface area contributed by atoms with Crippen LogP contribution < -0.4 is 10.5 Å². The minimum absolute atomic E-state index is 0.172. The lowest BCUT2D eigenvalue weighted by atomic mass is 9.92. The molecule has 110 valence electrons. The van der Waals surface area contributed by atoms with Crippen LogP contribution in [-0.2, 0) is 0 Å². The molecule has 0 saturated heterocycles. The Bertz CT molecular complexity index is 706. The molecule has 2 atom stereocenters. The smallest absolute Gasteiger partial charge is 0.122 e. The van der Waals surface area contributed by atoms with Gasteiger partial charge in [-0.1, -0.05) is 18.2 Å². The molecule has 0 amide bonds. The molecule has 0 bridgehead atoms. The maximum absolute atomic E-state index is 10.8. The van der Waals surface area contributed by atoms with E-state index in [-0.39, 0.29) is 5.92 Å². The molecular weight excluding hydrogens is 302 g/mol. The summed E-state index contributed by atoms with van der Waals surface area (Å²) < 4.78 is 7.82. The SMILES string of the molecule is COc1ccccc1C(CN)C(O)c1cc2sccc2s1. The molecule has 0 saturated carbocycles. The minimum atomic E-state index is -0.615. The molecular formula is C16H17NO2S2. The van der Waals surface area contributed by atoms with E-state index in [1.165, 1.54) is 9.40 Å². The summed E-state index contributed by atoms with van der Waals surface area (Å²) in [5, 5.41) is 12.8. The van der Waals surface area contributed by atoms with Crippen LogP contribution in [0.2, 0.25) is 0 Å². The second-order valence-electron chi connectivity index (χ2n) is 4.83. The Morgan fingerprint density at radius 3 is 2.76 bits per heavy atom. The van der Waals surface area contributed by atoms with E-state index in [0.717, 1.165) is 16.2 Å². The fourth-order valence-corrected chi connectivity index (χ4v) is 4.70. The van der Waals surface area contributed by atoms with Gasteiger partial charge in [-0.15, -0.1) is 22.7 Å². The first-order valence-electron chi connectivity index (χ1n) is 6.72. The van der Waals surface area contributed by atoms with E-state index in [4.69, 9.17) is 10.5 Å². The average molecular weight is 319 g/mol. The monoisotopic (exact) mass is 319 g/mol. The summed E-state index contributed by atoms with van der Waals surface area (Å²) in [6, 6.07) is 11.9. The highest BCUT2D eigenvalue weighted by Gasteiger charge is 2.25. The van der Waals surface area contributed by atoms with E-state index in [0.29, 0.717) is 6.54 Å². The van der Waals surface area contributed by atoms with E-state index in [1.807, 2.05) is 24.3 Å². The first kappa shape index (κ1) is 14.5. The molecule has 2 heterocycles. The topological polar surface area (TPSA) is 55.5 Å². The molecule has 0 aliphatic carbocycles. The Labute approximate surface area is 131 Å². The zero-order chi connectivity index (χ0) is 14.8. The number of hydrogen-bond acceptors (Lipinski definition) is 5. The Balaban J connectivity index is 1.96. The molecule has 0 aliphatic heterocycles. The van der Waals surface area contributed by atoms with Gasteiger partial charge in [-0.2, -0.15) is 0 Å². The number of rotatable bonds is 5. The summed E-state index contributed by atoms with van der Waals surface area (Å²) >= 11 is 3.32. The zero-order valence-corrected chi connectivity index (χ0v) is 13.3. The maximum atomic E-state index is 10.8. The van der Waals surface area contributed by atoms with Gasteiger partial charge in [-0.25, -0.2) is 0 Å². The van der Waals surface area contributed by atoms with Gasteiger partial charge >= 0.3 is 0 Å². The van der Waals surface area contributed by atoms with Crippen molar-refractivity contribution >= 4 is 32.1 Å².